The van der Waals surface area contributed by atoms with Crippen LogP contribution in [0.5, 0.6) is 0 Å². The van der Waals surface area contributed by atoms with E-state index in [0.717, 1.165) is 6.42 Å². The molecule has 2 N–H and O–H groups in total. The topological polar surface area (TPSA) is 62.2 Å². The molecule has 102 valence electrons. The van der Waals surface area contributed by atoms with Crippen molar-refractivity contribution in [3.05, 3.63) is 28.5 Å². The standard InChI is InChI=1S/C14H17BrN2O2/c15-13-10(2-1-5-16-13)14(19)17-12-9-4-3-8(6-9)11(12)7-18/h1-2,5,8-9,11-12,18H,3-4,6-7H2,(H,17,19). The maximum atomic E-state index is 12.3. The molecule has 5 heteroatoms. The first-order valence-electron chi connectivity index (χ1n) is 6.73. The number of pyridine rings is 1. The Bertz CT molecular complexity index is 494. The van der Waals surface area contributed by atoms with Crippen molar-refractivity contribution in [1.82, 2.24) is 10.3 Å². The van der Waals surface area contributed by atoms with Crippen molar-refractivity contribution in [3.8, 4) is 0 Å². The van der Waals surface area contributed by atoms with Gasteiger partial charge in [-0.25, -0.2) is 4.98 Å². The fourth-order valence-corrected chi connectivity index (χ4v) is 4.11. The van der Waals surface area contributed by atoms with Crippen LogP contribution >= 0.6 is 15.9 Å². The normalized spacial score (nSPS) is 32.5. The quantitative estimate of drug-likeness (QED) is 0.836. The first kappa shape index (κ1) is 13.1. The molecule has 4 nitrogen and oxygen atoms in total. The molecule has 1 amide bonds. The van der Waals surface area contributed by atoms with E-state index in [2.05, 4.69) is 26.2 Å². The molecule has 2 fully saturated rings. The Kier molecular flexibility index (Phi) is 3.58. The molecular weight excluding hydrogens is 308 g/mol. The Labute approximate surface area is 120 Å². The number of carbonyl (C=O) groups is 1. The zero-order valence-corrected chi connectivity index (χ0v) is 12.1. The Morgan fingerprint density at radius 2 is 2.26 bits per heavy atom. The highest BCUT2D eigenvalue weighted by molar-refractivity contribution is 9.10. The second-order valence-electron chi connectivity index (χ2n) is 5.52. The van der Waals surface area contributed by atoms with Crippen molar-refractivity contribution >= 4 is 21.8 Å². The highest BCUT2D eigenvalue weighted by atomic mass is 79.9. The van der Waals surface area contributed by atoms with Gasteiger partial charge in [0, 0.05) is 24.8 Å². The van der Waals surface area contributed by atoms with Crippen LogP contribution in [0.15, 0.2) is 22.9 Å². The molecular formula is C14H17BrN2O2. The van der Waals surface area contributed by atoms with Gasteiger partial charge in [-0.3, -0.25) is 4.79 Å². The van der Waals surface area contributed by atoms with Crippen LogP contribution in [0.3, 0.4) is 0 Å². The number of halogens is 1. The summed E-state index contributed by atoms with van der Waals surface area (Å²) >= 11 is 3.30. The summed E-state index contributed by atoms with van der Waals surface area (Å²) in [6.45, 7) is 0.167. The first-order chi connectivity index (χ1) is 9.20. The fourth-order valence-electron chi connectivity index (χ4n) is 3.68. The number of rotatable bonds is 3. The Hall–Kier alpha value is -0.940. The van der Waals surface area contributed by atoms with Crippen LogP contribution in [0, 0.1) is 17.8 Å². The van der Waals surface area contributed by atoms with E-state index in [4.69, 9.17) is 0 Å². The van der Waals surface area contributed by atoms with Crippen LogP contribution in [0.25, 0.3) is 0 Å². The number of aromatic nitrogens is 1. The molecule has 2 aliphatic rings. The minimum Gasteiger partial charge on any atom is -0.396 e. The summed E-state index contributed by atoms with van der Waals surface area (Å²) in [5.41, 5.74) is 0.557. The zero-order valence-electron chi connectivity index (χ0n) is 10.6. The van der Waals surface area contributed by atoms with E-state index in [9.17, 15) is 9.90 Å². The summed E-state index contributed by atoms with van der Waals surface area (Å²) in [5.74, 6) is 1.23. The number of aliphatic hydroxyl groups excluding tert-OH is 1. The smallest absolute Gasteiger partial charge is 0.254 e. The molecule has 1 aromatic heterocycles. The molecule has 0 radical (unpaired) electrons. The highest BCUT2D eigenvalue weighted by Gasteiger charge is 2.47. The third kappa shape index (κ3) is 2.30. The third-order valence-corrected chi connectivity index (χ3v) is 5.23. The minimum absolute atomic E-state index is 0.101. The van der Waals surface area contributed by atoms with Crippen LogP contribution in [-0.2, 0) is 0 Å². The number of hydrogen-bond donors (Lipinski definition) is 2. The summed E-state index contributed by atoms with van der Waals surface area (Å²) < 4.78 is 0.566. The number of carbonyl (C=O) groups excluding carboxylic acids is 1. The summed E-state index contributed by atoms with van der Waals surface area (Å²) in [4.78, 5) is 16.4. The van der Waals surface area contributed by atoms with Crippen molar-refractivity contribution in [2.45, 2.75) is 25.3 Å². The lowest BCUT2D eigenvalue weighted by molar-refractivity contribution is 0.0860. The van der Waals surface area contributed by atoms with Gasteiger partial charge in [0.2, 0.25) is 0 Å². The lowest BCUT2D eigenvalue weighted by Gasteiger charge is -2.30. The van der Waals surface area contributed by atoms with Gasteiger partial charge in [-0.2, -0.15) is 0 Å². The lowest BCUT2D eigenvalue weighted by atomic mass is 9.85. The predicted molar refractivity (Wildman–Crippen MR) is 74.6 cm³/mol. The van der Waals surface area contributed by atoms with Crippen molar-refractivity contribution in [2.24, 2.45) is 17.8 Å². The van der Waals surface area contributed by atoms with Crippen LogP contribution in [0.1, 0.15) is 29.6 Å². The number of nitrogens with zero attached hydrogens (tertiary/aromatic N) is 1. The molecule has 1 aromatic rings. The monoisotopic (exact) mass is 324 g/mol. The second-order valence-corrected chi connectivity index (χ2v) is 6.27. The van der Waals surface area contributed by atoms with Gasteiger partial charge < -0.3 is 10.4 Å². The molecule has 2 bridgehead atoms. The molecule has 3 rings (SSSR count). The lowest BCUT2D eigenvalue weighted by Crippen LogP contribution is -2.45. The van der Waals surface area contributed by atoms with Gasteiger partial charge in [0.05, 0.1) is 5.56 Å². The van der Waals surface area contributed by atoms with Gasteiger partial charge in [0.15, 0.2) is 0 Å². The van der Waals surface area contributed by atoms with E-state index in [1.165, 1.54) is 12.8 Å². The molecule has 0 aromatic carbocycles. The van der Waals surface area contributed by atoms with E-state index in [-0.39, 0.29) is 24.5 Å². The van der Waals surface area contributed by atoms with Crippen LogP contribution in [0.2, 0.25) is 0 Å². The van der Waals surface area contributed by atoms with E-state index in [0.29, 0.717) is 22.0 Å². The molecule has 2 aliphatic carbocycles. The number of fused-ring (bicyclic) bond motifs is 2. The van der Waals surface area contributed by atoms with Gasteiger partial charge in [-0.15, -0.1) is 0 Å². The summed E-state index contributed by atoms with van der Waals surface area (Å²) in [6, 6.07) is 3.63. The largest absolute Gasteiger partial charge is 0.396 e. The average Bonchev–Trinajstić information content (AvgIpc) is 3.00. The Morgan fingerprint density at radius 1 is 1.47 bits per heavy atom. The molecule has 4 atom stereocenters. The van der Waals surface area contributed by atoms with Gasteiger partial charge in [-0.1, -0.05) is 0 Å². The fraction of sp³-hybridized carbons (Fsp3) is 0.571. The SMILES string of the molecule is O=C(NC1C2CCC(C2)C1CO)c1cccnc1Br. The minimum atomic E-state index is -0.101. The van der Waals surface area contributed by atoms with Crippen molar-refractivity contribution < 1.29 is 9.90 Å². The molecule has 2 saturated carbocycles. The number of amides is 1. The summed E-state index contributed by atoms with van der Waals surface area (Å²) in [7, 11) is 0. The van der Waals surface area contributed by atoms with Gasteiger partial charge in [0.25, 0.3) is 5.91 Å². The van der Waals surface area contributed by atoms with Gasteiger partial charge in [-0.05, 0) is 59.2 Å². The predicted octanol–water partition coefficient (Wildman–Crippen LogP) is 1.98. The molecule has 1 heterocycles. The van der Waals surface area contributed by atoms with Gasteiger partial charge in [0.1, 0.15) is 4.60 Å². The van der Waals surface area contributed by atoms with E-state index < -0.39 is 0 Å². The Balaban J connectivity index is 1.75. The molecule has 0 aliphatic heterocycles. The van der Waals surface area contributed by atoms with E-state index in [1.54, 1.807) is 18.3 Å². The number of nitrogens with one attached hydrogen (secondary N) is 1. The van der Waals surface area contributed by atoms with Crippen LogP contribution in [-0.4, -0.2) is 28.6 Å². The van der Waals surface area contributed by atoms with Crippen LogP contribution in [0.4, 0.5) is 0 Å². The third-order valence-electron chi connectivity index (χ3n) is 4.60. The Morgan fingerprint density at radius 3 is 3.00 bits per heavy atom. The summed E-state index contributed by atoms with van der Waals surface area (Å²) in [5, 5.41) is 12.6. The summed E-state index contributed by atoms with van der Waals surface area (Å²) in [6.07, 6.45) is 5.15. The molecule has 19 heavy (non-hydrogen) atoms. The number of aliphatic hydroxyl groups is 1. The second kappa shape index (κ2) is 5.21. The average molecular weight is 325 g/mol. The molecule has 0 spiro atoms. The maximum Gasteiger partial charge on any atom is 0.254 e. The van der Waals surface area contributed by atoms with E-state index >= 15 is 0 Å². The van der Waals surface area contributed by atoms with E-state index in [1.807, 2.05) is 0 Å². The number of hydrogen-bond acceptors (Lipinski definition) is 3. The maximum absolute atomic E-state index is 12.3. The molecule has 0 saturated heterocycles. The zero-order chi connectivity index (χ0) is 13.4. The highest BCUT2D eigenvalue weighted by Crippen LogP contribution is 2.48. The first-order valence-corrected chi connectivity index (χ1v) is 7.52. The van der Waals surface area contributed by atoms with Gasteiger partial charge >= 0.3 is 0 Å². The molecule has 4 unspecified atom stereocenters. The van der Waals surface area contributed by atoms with Crippen LogP contribution < -0.4 is 5.32 Å². The van der Waals surface area contributed by atoms with Crippen molar-refractivity contribution in [2.75, 3.05) is 6.61 Å². The van der Waals surface area contributed by atoms with Crippen molar-refractivity contribution in [1.29, 1.82) is 0 Å². The van der Waals surface area contributed by atoms with Crippen molar-refractivity contribution in [3.63, 3.8) is 0 Å².